The van der Waals surface area contributed by atoms with Crippen molar-refractivity contribution in [2.75, 3.05) is 44.0 Å². The summed E-state index contributed by atoms with van der Waals surface area (Å²) < 4.78 is 12.7. The molecule has 1 saturated carbocycles. The van der Waals surface area contributed by atoms with Crippen LogP contribution in [0.5, 0.6) is 5.75 Å². The lowest BCUT2D eigenvalue weighted by Crippen LogP contribution is -2.48. The van der Waals surface area contributed by atoms with Gasteiger partial charge in [0.2, 0.25) is 5.91 Å². The second kappa shape index (κ2) is 17.3. The van der Waals surface area contributed by atoms with Gasteiger partial charge in [-0.15, -0.1) is 0 Å². The third-order valence-electron chi connectivity index (χ3n) is 9.12. The van der Waals surface area contributed by atoms with E-state index in [0.29, 0.717) is 35.8 Å². The lowest BCUT2D eigenvalue weighted by molar-refractivity contribution is -0.120. The minimum atomic E-state index is -0.492. The molecule has 1 heterocycles. The highest BCUT2D eigenvalue weighted by Gasteiger charge is 2.31. The predicted molar refractivity (Wildman–Crippen MR) is 180 cm³/mol. The van der Waals surface area contributed by atoms with Gasteiger partial charge >= 0.3 is 6.03 Å². The molecule has 4 rings (SSSR count). The Kier molecular flexibility index (Phi) is 13.3. The summed E-state index contributed by atoms with van der Waals surface area (Å²) in [6, 6.07) is 13.8. The molecule has 3 N–H and O–H groups in total. The molecule has 1 fully saturated rings. The predicted octanol–water partition coefficient (Wildman–Crippen LogP) is 6.16. The van der Waals surface area contributed by atoms with Gasteiger partial charge in [0.25, 0.3) is 5.91 Å². The van der Waals surface area contributed by atoms with E-state index in [2.05, 4.69) is 10.6 Å². The second-order valence-corrected chi connectivity index (χ2v) is 13.0. The molecule has 2 aromatic rings. The second-order valence-electron chi connectivity index (χ2n) is 13.0. The number of rotatable bonds is 7. The van der Waals surface area contributed by atoms with Gasteiger partial charge in [-0.2, -0.15) is 0 Å². The molecule has 10 nitrogen and oxygen atoms in total. The van der Waals surface area contributed by atoms with E-state index >= 15 is 0 Å². The van der Waals surface area contributed by atoms with Crippen LogP contribution in [0, 0.1) is 11.8 Å². The van der Waals surface area contributed by atoms with Crippen LogP contribution in [0.2, 0.25) is 0 Å². The zero-order valence-corrected chi connectivity index (χ0v) is 27.9. The van der Waals surface area contributed by atoms with Gasteiger partial charge < -0.3 is 35.0 Å². The van der Waals surface area contributed by atoms with E-state index in [1.165, 1.54) is 0 Å². The quantitative estimate of drug-likeness (QED) is 0.335. The van der Waals surface area contributed by atoms with Crippen LogP contribution < -0.4 is 15.4 Å². The molecule has 10 heteroatoms. The van der Waals surface area contributed by atoms with Gasteiger partial charge in [0.1, 0.15) is 5.75 Å². The van der Waals surface area contributed by atoms with Crippen molar-refractivity contribution in [3.8, 4) is 5.75 Å². The molecule has 0 bridgehead atoms. The van der Waals surface area contributed by atoms with Crippen molar-refractivity contribution in [2.45, 2.75) is 90.4 Å². The molecule has 0 unspecified atom stereocenters. The van der Waals surface area contributed by atoms with Gasteiger partial charge in [-0.05, 0) is 76.3 Å². The zero-order chi connectivity index (χ0) is 33.1. The molecule has 0 aromatic heterocycles. The standard InChI is InChI=1S/C36H52N4O6/c1-25-22-40(26(2)24-41)35(43)31-21-30(37-34(42)28-14-7-5-8-15-28)18-19-32(31)46-27(3)13-11-12-20-45-33(25)23-39(4)36(44)38-29-16-9-6-10-17-29/h6,9-10,16-19,21,25-28,33,41H,5,7-8,11-15,20,22-24H2,1-4H3,(H,37,42)(H,38,44)/t25-,26+,27+,33-/m0/s1. The molecule has 4 amide bonds. The maximum Gasteiger partial charge on any atom is 0.321 e. The van der Waals surface area contributed by atoms with E-state index < -0.39 is 6.04 Å². The molecule has 252 valence electrons. The van der Waals surface area contributed by atoms with Gasteiger partial charge in [0.05, 0.1) is 30.4 Å². The highest BCUT2D eigenvalue weighted by atomic mass is 16.5. The van der Waals surface area contributed by atoms with Crippen LogP contribution >= 0.6 is 0 Å². The molecule has 0 saturated heterocycles. The van der Waals surface area contributed by atoms with Crippen LogP contribution in [0.3, 0.4) is 0 Å². The van der Waals surface area contributed by atoms with Crippen LogP contribution in [0.1, 0.15) is 82.5 Å². The minimum absolute atomic E-state index is 0.0168. The first kappa shape index (κ1) is 35.2. The number of urea groups is 1. The maximum atomic E-state index is 14.3. The van der Waals surface area contributed by atoms with Crippen molar-refractivity contribution in [1.82, 2.24) is 9.80 Å². The van der Waals surface area contributed by atoms with Crippen molar-refractivity contribution in [1.29, 1.82) is 0 Å². The van der Waals surface area contributed by atoms with Crippen molar-refractivity contribution >= 4 is 29.2 Å². The molecule has 0 radical (unpaired) electrons. The summed E-state index contributed by atoms with van der Waals surface area (Å²) in [7, 11) is 1.73. The number of fused-ring (bicyclic) bond motifs is 1. The van der Waals surface area contributed by atoms with E-state index in [4.69, 9.17) is 9.47 Å². The highest BCUT2D eigenvalue weighted by Crippen LogP contribution is 2.30. The van der Waals surface area contributed by atoms with Crippen LogP contribution in [0.4, 0.5) is 16.2 Å². The molecule has 2 aromatic carbocycles. The number of aliphatic hydroxyl groups excluding tert-OH is 1. The minimum Gasteiger partial charge on any atom is -0.490 e. The number of nitrogens with zero attached hydrogens (tertiary/aromatic N) is 2. The molecule has 46 heavy (non-hydrogen) atoms. The topological polar surface area (TPSA) is 120 Å². The van der Waals surface area contributed by atoms with Crippen molar-refractivity contribution in [2.24, 2.45) is 11.8 Å². The number of ether oxygens (including phenoxy) is 2. The van der Waals surface area contributed by atoms with Gasteiger partial charge in [-0.1, -0.05) is 44.4 Å². The Balaban J connectivity index is 1.58. The number of hydrogen-bond acceptors (Lipinski definition) is 6. The van der Waals surface area contributed by atoms with Crippen LogP contribution in [0.25, 0.3) is 0 Å². The fourth-order valence-corrected chi connectivity index (χ4v) is 6.17. The first-order chi connectivity index (χ1) is 22.2. The number of nitrogens with one attached hydrogen (secondary N) is 2. The first-order valence-corrected chi connectivity index (χ1v) is 16.9. The van der Waals surface area contributed by atoms with E-state index in [9.17, 15) is 19.5 Å². The molecular weight excluding hydrogens is 584 g/mol. The average molecular weight is 637 g/mol. The van der Waals surface area contributed by atoms with Gasteiger partial charge in [-0.25, -0.2) is 4.79 Å². The first-order valence-electron chi connectivity index (χ1n) is 16.9. The Morgan fingerprint density at radius 2 is 1.70 bits per heavy atom. The van der Waals surface area contributed by atoms with Crippen molar-refractivity contribution in [3.63, 3.8) is 0 Å². The van der Waals surface area contributed by atoms with E-state index in [-0.39, 0.29) is 55.0 Å². The number of hydrogen-bond donors (Lipinski definition) is 3. The highest BCUT2D eigenvalue weighted by molar-refractivity contribution is 6.00. The van der Waals surface area contributed by atoms with E-state index in [1.807, 2.05) is 44.2 Å². The largest absolute Gasteiger partial charge is 0.490 e. The van der Waals surface area contributed by atoms with Crippen LogP contribution in [0.15, 0.2) is 48.5 Å². The van der Waals surface area contributed by atoms with Crippen LogP contribution in [-0.2, 0) is 9.53 Å². The summed E-state index contributed by atoms with van der Waals surface area (Å²) in [4.78, 5) is 43.7. The fourth-order valence-electron chi connectivity index (χ4n) is 6.17. The Morgan fingerprint density at radius 3 is 2.41 bits per heavy atom. The number of benzene rings is 2. The SMILES string of the molecule is C[C@@H]1CCCCO[C@@H](CN(C)C(=O)Nc2ccccc2)[C@@H](C)CN([C@H](C)CO)C(=O)c2cc(NC(=O)C3CCCCC3)ccc2O1. The van der Waals surface area contributed by atoms with Crippen LogP contribution in [-0.4, -0.2) is 84.4 Å². The summed E-state index contributed by atoms with van der Waals surface area (Å²) >= 11 is 0. The lowest BCUT2D eigenvalue weighted by atomic mass is 9.88. The number of amides is 4. The molecule has 1 aliphatic carbocycles. The number of likely N-dealkylation sites (N-methyl/N-ethyl adjacent to an activating group) is 1. The number of carbonyl (C=O) groups excluding carboxylic acids is 3. The summed E-state index contributed by atoms with van der Waals surface area (Å²) in [6.45, 7) is 6.69. The summed E-state index contributed by atoms with van der Waals surface area (Å²) in [5.41, 5.74) is 1.60. The molecule has 2 aliphatic rings. The third-order valence-corrected chi connectivity index (χ3v) is 9.12. The third kappa shape index (κ3) is 9.93. The Labute approximate surface area is 273 Å². The van der Waals surface area contributed by atoms with Gasteiger partial charge in [0, 0.05) is 50.0 Å². The monoisotopic (exact) mass is 636 g/mol. The summed E-state index contributed by atoms with van der Waals surface area (Å²) in [6.07, 6.45) is 6.98. The smallest absolute Gasteiger partial charge is 0.321 e. The molecule has 4 atom stereocenters. The van der Waals surface area contributed by atoms with E-state index in [0.717, 1.165) is 51.4 Å². The molecule has 1 aliphatic heterocycles. The Bertz CT molecular complexity index is 1280. The molecular formula is C36H52N4O6. The fraction of sp³-hybridized carbons (Fsp3) is 0.583. The maximum absolute atomic E-state index is 14.3. The number of carbonyl (C=O) groups is 3. The van der Waals surface area contributed by atoms with Gasteiger partial charge in [-0.3, -0.25) is 9.59 Å². The van der Waals surface area contributed by atoms with Crippen molar-refractivity contribution < 1.29 is 29.0 Å². The Morgan fingerprint density at radius 1 is 0.978 bits per heavy atom. The molecule has 0 spiro atoms. The number of aliphatic hydroxyl groups is 1. The summed E-state index contributed by atoms with van der Waals surface area (Å²) in [5.74, 6) is -0.0540. The normalized spacial score (nSPS) is 22.5. The van der Waals surface area contributed by atoms with Crippen molar-refractivity contribution in [3.05, 3.63) is 54.1 Å². The van der Waals surface area contributed by atoms with Gasteiger partial charge in [0.15, 0.2) is 0 Å². The number of anilines is 2. The number of para-hydroxylation sites is 1. The average Bonchev–Trinajstić information content (AvgIpc) is 3.06. The Hall–Kier alpha value is -3.63. The van der Waals surface area contributed by atoms with E-state index in [1.54, 1.807) is 42.0 Å². The lowest BCUT2D eigenvalue weighted by Gasteiger charge is -2.35. The summed E-state index contributed by atoms with van der Waals surface area (Å²) in [5, 5.41) is 16.2. The zero-order valence-electron chi connectivity index (χ0n) is 27.9.